The summed E-state index contributed by atoms with van der Waals surface area (Å²) in [7, 11) is 1.70. The molecule has 0 saturated carbocycles. The van der Waals surface area contributed by atoms with Gasteiger partial charge in [0.15, 0.2) is 0 Å². The van der Waals surface area contributed by atoms with E-state index in [0.717, 1.165) is 29.3 Å². The third kappa shape index (κ3) is 5.64. The van der Waals surface area contributed by atoms with Crippen LogP contribution in [0.2, 0.25) is 5.02 Å². The number of thioether (sulfide) groups is 1. The van der Waals surface area contributed by atoms with Crippen LogP contribution in [0.25, 0.3) is 0 Å². The van der Waals surface area contributed by atoms with Gasteiger partial charge in [0.1, 0.15) is 5.75 Å². The highest BCUT2D eigenvalue weighted by Crippen LogP contribution is 2.31. The molecule has 6 heteroatoms. The number of methoxy groups -OCH3 is 1. The molecule has 1 amide bonds. The first-order valence-corrected chi connectivity index (χ1v) is 10.6. The van der Waals surface area contributed by atoms with Crippen LogP contribution in [0.4, 0.5) is 0 Å². The van der Waals surface area contributed by atoms with Gasteiger partial charge >= 0.3 is 0 Å². The summed E-state index contributed by atoms with van der Waals surface area (Å²) in [5.41, 5.74) is 1.13. The molecular weight excluding hydrogens is 380 g/mol. The van der Waals surface area contributed by atoms with Crippen molar-refractivity contribution in [1.82, 2.24) is 10.2 Å². The third-order valence-corrected chi connectivity index (χ3v) is 6.02. The number of hydrogen-bond acceptors (Lipinski definition) is 4. The number of hydrogen-bond donors (Lipinski definition) is 1. The number of rotatable bonds is 8. The third-order valence-electron chi connectivity index (χ3n) is 4.76. The summed E-state index contributed by atoms with van der Waals surface area (Å²) in [4.78, 5) is 15.9. The van der Waals surface area contributed by atoms with Crippen molar-refractivity contribution in [2.24, 2.45) is 0 Å². The Morgan fingerprint density at radius 3 is 2.59 bits per heavy atom. The van der Waals surface area contributed by atoms with Crippen LogP contribution in [0.5, 0.6) is 5.75 Å². The Labute approximate surface area is 170 Å². The van der Waals surface area contributed by atoms with Crippen molar-refractivity contribution >= 4 is 29.3 Å². The molecule has 1 saturated heterocycles. The molecule has 1 atom stereocenters. The first-order valence-electron chi connectivity index (χ1n) is 9.19. The second-order valence-electron chi connectivity index (χ2n) is 6.55. The number of amides is 1. The second kappa shape index (κ2) is 10.0. The van der Waals surface area contributed by atoms with Gasteiger partial charge in [-0.15, -0.1) is 11.8 Å². The number of ether oxygens (including phenoxy) is 1. The SMILES string of the molecule is COc1ccccc1C(CNC(=O)CSc1ccc(Cl)cc1)N1CCCC1. The summed E-state index contributed by atoms with van der Waals surface area (Å²) in [6.07, 6.45) is 2.40. The van der Waals surface area contributed by atoms with Crippen LogP contribution in [0, 0.1) is 0 Å². The highest BCUT2D eigenvalue weighted by molar-refractivity contribution is 8.00. The Morgan fingerprint density at radius 2 is 1.89 bits per heavy atom. The van der Waals surface area contributed by atoms with Gasteiger partial charge in [-0.05, 0) is 56.3 Å². The molecule has 144 valence electrons. The maximum Gasteiger partial charge on any atom is 0.230 e. The van der Waals surface area contributed by atoms with Gasteiger partial charge in [0.2, 0.25) is 5.91 Å². The van der Waals surface area contributed by atoms with Gasteiger partial charge in [-0.2, -0.15) is 0 Å². The number of nitrogens with one attached hydrogen (secondary N) is 1. The summed E-state index contributed by atoms with van der Waals surface area (Å²) in [6, 6.07) is 15.8. The Bertz CT molecular complexity index is 748. The van der Waals surface area contributed by atoms with Crippen LogP contribution < -0.4 is 10.1 Å². The molecule has 0 aromatic heterocycles. The summed E-state index contributed by atoms with van der Waals surface area (Å²) < 4.78 is 5.55. The van der Waals surface area contributed by atoms with Crippen molar-refractivity contribution in [2.75, 3.05) is 32.5 Å². The maximum absolute atomic E-state index is 12.4. The quantitative estimate of drug-likeness (QED) is 0.662. The smallest absolute Gasteiger partial charge is 0.230 e. The monoisotopic (exact) mass is 404 g/mol. The van der Waals surface area contributed by atoms with Crippen molar-refractivity contribution in [2.45, 2.75) is 23.8 Å². The number of carbonyl (C=O) groups excluding carboxylic acids is 1. The molecule has 1 aliphatic rings. The predicted octanol–water partition coefficient (Wildman–Crippen LogP) is 4.39. The molecule has 1 aliphatic heterocycles. The minimum absolute atomic E-state index is 0.0362. The number of likely N-dealkylation sites (tertiary alicyclic amines) is 1. The molecule has 3 rings (SSSR count). The van der Waals surface area contributed by atoms with Crippen LogP contribution in [-0.2, 0) is 4.79 Å². The van der Waals surface area contributed by atoms with Gasteiger partial charge in [-0.1, -0.05) is 29.8 Å². The molecule has 1 unspecified atom stereocenters. The zero-order valence-electron chi connectivity index (χ0n) is 15.5. The standard InChI is InChI=1S/C21H25ClN2O2S/c1-26-20-7-3-2-6-18(20)19(24-12-4-5-13-24)14-23-21(25)15-27-17-10-8-16(22)9-11-17/h2-3,6-11,19H,4-5,12-15H2,1H3,(H,23,25). The van der Waals surface area contributed by atoms with Crippen molar-refractivity contribution in [3.63, 3.8) is 0 Å². The lowest BCUT2D eigenvalue weighted by Gasteiger charge is -2.29. The van der Waals surface area contributed by atoms with Crippen LogP contribution in [0.1, 0.15) is 24.4 Å². The molecule has 0 aliphatic carbocycles. The van der Waals surface area contributed by atoms with Crippen LogP contribution in [-0.4, -0.2) is 43.3 Å². The molecule has 1 N–H and O–H groups in total. The fourth-order valence-corrected chi connectivity index (χ4v) is 4.23. The average Bonchev–Trinajstić information content (AvgIpc) is 3.22. The summed E-state index contributed by atoms with van der Waals surface area (Å²) in [5, 5.41) is 3.81. The van der Waals surface area contributed by atoms with Crippen molar-refractivity contribution in [1.29, 1.82) is 0 Å². The van der Waals surface area contributed by atoms with Gasteiger partial charge in [0.25, 0.3) is 0 Å². The lowest BCUT2D eigenvalue weighted by Crippen LogP contribution is -2.37. The van der Waals surface area contributed by atoms with Crippen LogP contribution in [0.3, 0.4) is 0 Å². The van der Waals surface area contributed by atoms with Gasteiger partial charge in [0, 0.05) is 22.0 Å². The number of carbonyl (C=O) groups is 1. The molecule has 0 spiro atoms. The Morgan fingerprint density at radius 1 is 1.19 bits per heavy atom. The molecule has 27 heavy (non-hydrogen) atoms. The molecule has 1 heterocycles. The van der Waals surface area contributed by atoms with Gasteiger partial charge in [-0.3, -0.25) is 9.69 Å². The topological polar surface area (TPSA) is 41.6 Å². The molecule has 1 fully saturated rings. The first kappa shape index (κ1) is 20.1. The summed E-state index contributed by atoms with van der Waals surface area (Å²) in [6.45, 7) is 2.69. The van der Waals surface area contributed by atoms with Crippen LogP contribution in [0.15, 0.2) is 53.4 Å². The summed E-state index contributed by atoms with van der Waals surface area (Å²) in [5.74, 6) is 1.30. The van der Waals surface area contributed by atoms with Crippen LogP contribution >= 0.6 is 23.4 Å². The Hall–Kier alpha value is -1.69. The van der Waals surface area contributed by atoms with E-state index in [9.17, 15) is 4.79 Å². The van der Waals surface area contributed by atoms with E-state index in [1.807, 2.05) is 42.5 Å². The normalized spacial score (nSPS) is 15.5. The average molecular weight is 405 g/mol. The largest absolute Gasteiger partial charge is 0.496 e. The Balaban J connectivity index is 1.60. The van der Waals surface area contributed by atoms with E-state index >= 15 is 0 Å². The van der Waals surface area contributed by atoms with Gasteiger partial charge in [-0.25, -0.2) is 0 Å². The number of benzene rings is 2. The van der Waals surface area contributed by atoms with E-state index < -0.39 is 0 Å². The minimum Gasteiger partial charge on any atom is -0.496 e. The molecule has 2 aromatic carbocycles. The predicted molar refractivity (Wildman–Crippen MR) is 112 cm³/mol. The lowest BCUT2D eigenvalue weighted by atomic mass is 10.0. The second-order valence-corrected chi connectivity index (χ2v) is 8.03. The van der Waals surface area contributed by atoms with Crippen molar-refractivity contribution < 1.29 is 9.53 Å². The fraction of sp³-hybridized carbons (Fsp3) is 0.381. The minimum atomic E-state index is 0.0362. The van der Waals surface area contributed by atoms with Gasteiger partial charge in [0.05, 0.1) is 18.9 Å². The fourth-order valence-electron chi connectivity index (χ4n) is 3.37. The molecular formula is C21H25ClN2O2S. The maximum atomic E-state index is 12.4. The van der Waals surface area contributed by atoms with E-state index in [1.165, 1.54) is 24.6 Å². The number of halogens is 1. The van der Waals surface area contributed by atoms with Gasteiger partial charge < -0.3 is 10.1 Å². The van der Waals surface area contributed by atoms with E-state index in [0.29, 0.717) is 17.3 Å². The molecule has 0 radical (unpaired) electrons. The van der Waals surface area contributed by atoms with E-state index in [2.05, 4.69) is 16.3 Å². The van der Waals surface area contributed by atoms with E-state index in [4.69, 9.17) is 16.3 Å². The van der Waals surface area contributed by atoms with E-state index in [1.54, 1.807) is 7.11 Å². The van der Waals surface area contributed by atoms with Crippen molar-refractivity contribution in [3.8, 4) is 5.75 Å². The molecule has 4 nitrogen and oxygen atoms in total. The van der Waals surface area contributed by atoms with Crippen molar-refractivity contribution in [3.05, 3.63) is 59.1 Å². The lowest BCUT2D eigenvalue weighted by molar-refractivity contribution is -0.118. The zero-order chi connectivity index (χ0) is 19.1. The van der Waals surface area contributed by atoms with E-state index in [-0.39, 0.29) is 11.9 Å². The molecule has 0 bridgehead atoms. The molecule has 2 aromatic rings. The zero-order valence-corrected chi connectivity index (χ0v) is 17.1. The highest BCUT2D eigenvalue weighted by atomic mass is 35.5. The number of nitrogens with zero attached hydrogens (tertiary/aromatic N) is 1. The summed E-state index contributed by atoms with van der Waals surface area (Å²) >= 11 is 7.42. The highest BCUT2D eigenvalue weighted by Gasteiger charge is 2.26. The Kier molecular flexibility index (Phi) is 7.44. The number of para-hydroxylation sites is 1. The first-order chi connectivity index (χ1) is 13.2.